The summed E-state index contributed by atoms with van der Waals surface area (Å²) in [6.07, 6.45) is 2.08. The van der Waals surface area contributed by atoms with Crippen molar-refractivity contribution in [1.29, 1.82) is 0 Å². The van der Waals surface area contributed by atoms with Crippen LogP contribution < -0.4 is 29.3 Å². The highest BCUT2D eigenvalue weighted by Crippen LogP contribution is 2.18. The smallest absolute Gasteiger partial charge is 0.227 e. The highest BCUT2D eigenvalue weighted by Gasteiger charge is 2.18. The van der Waals surface area contributed by atoms with Crippen LogP contribution in [0.2, 0.25) is 0 Å². The fourth-order valence-electron chi connectivity index (χ4n) is 2.59. The first kappa shape index (κ1) is 23.4. The molecule has 0 saturated carbocycles. The molecule has 138 valence electrons. The molecule has 0 aromatic heterocycles. The molecule has 4 heteroatoms. The summed E-state index contributed by atoms with van der Waals surface area (Å²) in [5.41, 5.74) is 2.43. The Hall–Kier alpha value is -0.620. The van der Waals surface area contributed by atoms with Gasteiger partial charge in [-0.25, -0.2) is 0 Å². The van der Waals surface area contributed by atoms with E-state index < -0.39 is 0 Å². The molecule has 0 bridgehead atoms. The Morgan fingerprint density at radius 3 is 2.04 bits per heavy atom. The van der Waals surface area contributed by atoms with E-state index in [0.29, 0.717) is 5.92 Å². The standard InChI is InChI=1S/C20H34N2O.HI/c1-15(2)14-18-8-10-19(11-9-18)17(4)20(23)21-16(3)12-13-22(5,6)7;/h8-11,15-17H,12-14H2,1-7H3;1H/t16-,17?;/m1./s1. The average molecular weight is 446 g/mol. The summed E-state index contributed by atoms with van der Waals surface area (Å²) < 4.78 is 0.924. The molecule has 0 heterocycles. The Morgan fingerprint density at radius 2 is 1.58 bits per heavy atom. The van der Waals surface area contributed by atoms with Gasteiger partial charge >= 0.3 is 0 Å². The minimum atomic E-state index is -0.102. The number of nitrogens with zero attached hydrogens (tertiary/aromatic N) is 1. The molecule has 0 saturated heterocycles. The van der Waals surface area contributed by atoms with Crippen LogP contribution in [0.4, 0.5) is 0 Å². The molecule has 0 fully saturated rings. The third-order valence-electron chi connectivity index (χ3n) is 4.14. The Bertz CT molecular complexity index is 491. The van der Waals surface area contributed by atoms with E-state index in [9.17, 15) is 4.79 Å². The van der Waals surface area contributed by atoms with Crippen molar-refractivity contribution < 1.29 is 33.3 Å². The fraction of sp³-hybridized carbons (Fsp3) is 0.650. The van der Waals surface area contributed by atoms with Crippen LogP contribution in [0, 0.1) is 5.92 Å². The number of carbonyl (C=O) groups excluding carboxylic acids is 1. The second-order valence-corrected chi connectivity index (χ2v) is 8.27. The maximum absolute atomic E-state index is 12.4. The highest BCUT2D eigenvalue weighted by molar-refractivity contribution is 5.83. The quantitative estimate of drug-likeness (QED) is 0.460. The van der Waals surface area contributed by atoms with E-state index >= 15 is 0 Å². The molecule has 3 nitrogen and oxygen atoms in total. The molecule has 24 heavy (non-hydrogen) atoms. The maximum atomic E-state index is 12.4. The van der Waals surface area contributed by atoms with Crippen molar-refractivity contribution in [3.63, 3.8) is 0 Å². The van der Waals surface area contributed by atoms with Gasteiger partial charge in [0.1, 0.15) is 0 Å². The molecule has 1 amide bonds. The molecule has 1 N–H and O–H groups in total. The van der Waals surface area contributed by atoms with E-state index in [-0.39, 0.29) is 41.8 Å². The number of carbonyl (C=O) groups is 1. The summed E-state index contributed by atoms with van der Waals surface area (Å²) in [6.45, 7) is 9.58. The largest absolute Gasteiger partial charge is 1.00 e. The van der Waals surface area contributed by atoms with Gasteiger partial charge in [0.15, 0.2) is 0 Å². The predicted octanol–water partition coefficient (Wildman–Crippen LogP) is 0.594. The van der Waals surface area contributed by atoms with E-state index in [2.05, 4.69) is 71.5 Å². The second-order valence-electron chi connectivity index (χ2n) is 8.27. The lowest BCUT2D eigenvalue weighted by molar-refractivity contribution is -0.870. The van der Waals surface area contributed by atoms with Gasteiger partial charge < -0.3 is 33.8 Å². The van der Waals surface area contributed by atoms with Crippen molar-refractivity contribution in [3.8, 4) is 0 Å². The van der Waals surface area contributed by atoms with E-state index in [1.807, 2.05) is 6.92 Å². The first-order chi connectivity index (χ1) is 10.6. The summed E-state index contributed by atoms with van der Waals surface area (Å²) in [6, 6.07) is 8.71. The number of hydrogen-bond donors (Lipinski definition) is 1. The third-order valence-corrected chi connectivity index (χ3v) is 4.14. The normalized spacial score (nSPS) is 14.0. The average Bonchev–Trinajstić information content (AvgIpc) is 2.44. The number of benzene rings is 1. The lowest BCUT2D eigenvalue weighted by Gasteiger charge is -2.26. The molecular weight excluding hydrogens is 411 g/mol. The van der Waals surface area contributed by atoms with Gasteiger partial charge in [0.25, 0.3) is 0 Å². The summed E-state index contributed by atoms with van der Waals surface area (Å²) >= 11 is 0. The second kappa shape index (κ2) is 10.4. The minimum Gasteiger partial charge on any atom is -1.00 e. The molecule has 0 aliphatic carbocycles. The Morgan fingerprint density at radius 1 is 1.04 bits per heavy atom. The zero-order valence-corrected chi connectivity index (χ0v) is 18.6. The molecule has 1 unspecified atom stereocenters. The van der Waals surface area contributed by atoms with Crippen LogP contribution in [0.3, 0.4) is 0 Å². The van der Waals surface area contributed by atoms with Crippen LogP contribution in [-0.4, -0.2) is 44.1 Å². The number of amides is 1. The molecule has 1 aromatic rings. The first-order valence-electron chi connectivity index (χ1n) is 8.78. The monoisotopic (exact) mass is 446 g/mol. The number of nitrogens with one attached hydrogen (secondary N) is 1. The van der Waals surface area contributed by atoms with E-state index in [0.717, 1.165) is 29.4 Å². The van der Waals surface area contributed by atoms with Crippen molar-refractivity contribution in [2.45, 2.75) is 52.5 Å². The van der Waals surface area contributed by atoms with Crippen molar-refractivity contribution in [2.75, 3.05) is 27.7 Å². The van der Waals surface area contributed by atoms with Gasteiger partial charge in [-0.2, -0.15) is 0 Å². The van der Waals surface area contributed by atoms with Crippen molar-refractivity contribution in [1.82, 2.24) is 5.32 Å². The fourth-order valence-corrected chi connectivity index (χ4v) is 2.59. The van der Waals surface area contributed by atoms with Gasteiger partial charge in [-0.1, -0.05) is 38.1 Å². The zero-order valence-electron chi connectivity index (χ0n) is 16.4. The van der Waals surface area contributed by atoms with Gasteiger partial charge in [-0.3, -0.25) is 4.79 Å². The van der Waals surface area contributed by atoms with E-state index in [1.54, 1.807) is 0 Å². The van der Waals surface area contributed by atoms with Crippen molar-refractivity contribution in [2.24, 2.45) is 5.92 Å². The van der Waals surface area contributed by atoms with Crippen LogP contribution in [0.25, 0.3) is 0 Å². The molecule has 0 spiro atoms. The van der Waals surface area contributed by atoms with Gasteiger partial charge in [-0.15, -0.1) is 0 Å². The van der Waals surface area contributed by atoms with Crippen LogP contribution in [-0.2, 0) is 11.2 Å². The molecule has 2 atom stereocenters. The van der Waals surface area contributed by atoms with Gasteiger partial charge in [0.2, 0.25) is 5.91 Å². The number of halogens is 1. The lowest BCUT2D eigenvalue weighted by atomic mass is 9.96. The Balaban J connectivity index is 0.00000529. The SMILES string of the molecule is CC(C)Cc1ccc(C(C)C(=O)N[C@H](C)CC[N+](C)(C)C)cc1.[I-]. The molecule has 0 aliphatic heterocycles. The van der Waals surface area contributed by atoms with Crippen molar-refractivity contribution >= 4 is 5.91 Å². The molecule has 0 aliphatic rings. The van der Waals surface area contributed by atoms with Crippen LogP contribution in [0.1, 0.15) is 51.2 Å². The summed E-state index contributed by atoms with van der Waals surface area (Å²) in [5.74, 6) is 0.675. The molecule has 0 radical (unpaired) electrons. The van der Waals surface area contributed by atoms with Crippen LogP contribution in [0.15, 0.2) is 24.3 Å². The minimum absolute atomic E-state index is 0. The topological polar surface area (TPSA) is 29.1 Å². The lowest BCUT2D eigenvalue weighted by Crippen LogP contribution is -3.00. The third kappa shape index (κ3) is 9.02. The van der Waals surface area contributed by atoms with E-state index in [4.69, 9.17) is 0 Å². The van der Waals surface area contributed by atoms with Crippen LogP contribution >= 0.6 is 0 Å². The zero-order chi connectivity index (χ0) is 17.6. The number of hydrogen-bond acceptors (Lipinski definition) is 1. The van der Waals surface area contributed by atoms with Gasteiger partial charge in [-0.05, 0) is 37.3 Å². The van der Waals surface area contributed by atoms with Crippen LogP contribution in [0.5, 0.6) is 0 Å². The predicted molar refractivity (Wildman–Crippen MR) is 98.5 cm³/mol. The summed E-state index contributed by atoms with van der Waals surface area (Å²) in [4.78, 5) is 12.4. The van der Waals surface area contributed by atoms with E-state index in [1.165, 1.54) is 5.56 Å². The molecule has 1 aromatic carbocycles. The number of rotatable bonds is 8. The Kier molecular flexibility index (Phi) is 10.1. The summed E-state index contributed by atoms with van der Waals surface area (Å²) in [5, 5.41) is 3.15. The molecular formula is C20H35IN2O. The molecule has 1 rings (SSSR count). The highest BCUT2D eigenvalue weighted by atomic mass is 127. The summed E-state index contributed by atoms with van der Waals surface area (Å²) in [7, 11) is 6.53. The van der Waals surface area contributed by atoms with Gasteiger partial charge in [0, 0.05) is 12.5 Å². The maximum Gasteiger partial charge on any atom is 0.227 e. The van der Waals surface area contributed by atoms with Gasteiger partial charge in [0.05, 0.1) is 33.6 Å². The first-order valence-corrected chi connectivity index (χ1v) is 8.78. The van der Waals surface area contributed by atoms with Crippen molar-refractivity contribution in [3.05, 3.63) is 35.4 Å². The number of quaternary nitrogens is 1. The Labute approximate surface area is 165 Å².